The van der Waals surface area contributed by atoms with Crippen LogP contribution < -0.4 is 15.0 Å². The van der Waals surface area contributed by atoms with Crippen LogP contribution in [0.5, 0.6) is 5.75 Å². The molecule has 1 N–H and O–H groups in total. The minimum atomic E-state index is -4.42. The van der Waals surface area contributed by atoms with E-state index in [4.69, 9.17) is 16.3 Å². The van der Waals surface area contributed by atoms with Gasteiger partial charge in [-0.05, 0) is 36.8 Å². The third kappa shape index (κ3) is 4.18. The van der Waals surface area contributed by atoms with Crippen molar-refractivity contribution in [1.82, 2.24) is 24.6 Å². The number of ether oxygens (including phenoxy) is 1. The van der Waals surface area contributed by atoms with E-state index >= 15 is 0 Å². The fraction of sp³-hybridized carbons (Fsp3) is 0.474. The Morgan fingerprint density at radius 3 is 2.68 bits per heavy atom. The molecule has 1 aliphatic carbocycles. The summed E-state index contributed by atoms with van der Waals surface area (Å²) < 4.78 is 43.9. The van der Waals surface area contributed by atoms with Crippen LogP contribution >= 0.6 is 11.6 Å². The molecule has 0 unspecified atom stereocenters. The number of nitrogens with one attached hydrogen (secondary N) is 1. The van der Waals surface area contributed by atoms with Crippen LogP contribution in [0.4, 0.5) is 24.9 Å². The summed E-state index contributed by atoms with van der Waals surface area (Å²) >= 11 is 6.01. The van der Waals surface area contributed by atoms with Gasteiger partial charge in [-0.1, -0.05) is 11.6 Å². The largest absolute Gasteiger partial charge is 0.480 e. The number of halogens is 4. The van der Waals surface area contributed by atoms with E-state index in [0.29, 0.717) is 22.9 Å². The van der Waals surface area contributed by atoms with Crippen molar-refractivity contribution in [3.05, 3.63) is 35.9 Å². The lowest BCUT2D eigenvalue weighted by molar-refractivity contribution is -0.153. The van der Waals surface area contributed by atoms with Crippen LogP contribution in [0.25, 0.3) is 5.65 Å². The number of anilines is 2. The highest BCUT2D eigenvalue weighted by Crippen LogP contribution is 2.39. The van der Waals surface area contributed by atoms with Crippen molar-refractivity contribution in [2.75, 3.05) is 29.9 Å². The Hall–Kier alpha value is -2.82. The van der Waals surface area contributed by atoms with Crippen LogP contribution in [0, 0.1) is 11.8 Å². The molecule has 8 nitrogen and oxygen atoms in total. The lowest BCUT2D eigenvalue weighted by atomic mass is 9.92. The van der Waals surface area contributed by atoms with E-state index in [0.717, 1.165) is 31.7 Å². The summed E-state index contributed by atoms with van der Waals surface area (Å²) in [6.07, 6.45) is 0.790. The molecule has 2 fully saturated rings. The summed E-state index contributed by atoms with van der Waals surface area (Å²) in [5.74, 6) is 1.95. The van der Waals surface area contributed by atoms with Gasteiger partial charge in [0.25, 0.3) is 0 Å². The van der Waals surface area contributed by atoms with Gasteiger partial charge in [-0.25, -0.2) is 14.5 Å². The second kappa shape index (κ2) is 7.70. The van der Waals surface area contributed by atoms with Crippen LogP contribution in [0.2, 0.25) is 5.15 Å². The molecule has 1 aliphatic heterocycles. The molecule has 4 heterocycles. The summed E-state index contributed by atoms with van der Waals surface area (Å²) in [5.41, 5.74) is 0.245. The zero-order chi connectivity index (χ0) is 21.6. The van der Waals surface area contributed by atoms with Crippen molar-refractivity contribution in [2.24, 2.45) is 11.8 Å². The monoisotopic (exact) mass is 453 g/mol. The Morgan fingerprint density at radius 2 is 1.97 bits per heavy atom. The number of alkyl halides is 3. The molecule has 3 aromatic heterocycles. The summed E-state index contributed by atoms with van der Waals surface area (Å²) in [7, 11) is 0. The summed E-state index contributed by atoms with van der Waals surface area (Å²) in [4.78, 5) is 14.9. The molecular formula is C19H19ClF3N7O. The zero-order valence-corrected chi connectivity index (χ0v) is 17.0. The van der Waals surface area contributed by atoms with Crippen molar-refractivity contribution < 1.29 is 17.9 Å². The minimum Gasteiger partial charge on any atom is -0.480 e. The Balaban J connectivity index is 1.31. The van der Waals surface area contributed by atoms with Gasteiger partial charge in [0, 0.05) is 31.4 Å². The molecule has 2 aliphatic rings. The number of hydrogen-bond donors (Lipinski definition) is 1. The Morgan fingerprint density at radius 1 is 1.19 bits per heavy atom. The highest BCUT2D eigenvalue weighted by Gasteiger charge is 2.43. The first-order chi connectivity index (χ1) is 14.9. The van der Waals surface area contributed by atoms with E-state index in [2.05, 4.69) is 30.3 Å². The molecule has 164 valence electrons. The molecule has 1 saturated carbocycles. The highest BCUT2D eigenvalue weighted by atomic mass is 35.5. The zero-order valence-electron chi connectivity index (χ0n) is 16.3. The first-order valence-electron chi connectivity index (χ1n) is 9.90. The molecule has 1 saturated heterocycles. The Labute approximate surface area is 180 Å². The first kappa shape index (κ1) is 20.1. The summed E-state index contributed by atoms with van der Waals surface area (Å²) in [6, 6.07) is 4.97. The average molecular weight is 454 g/mol. The number of piperidine rings is 1. The molecule has 5 rings (SSSR count). The van der Waals surface area contributed by atoms with Crippen LogP contribution in [0.1, 0.15) is 12.8 Å². The number of nitrogens with zero attached hydrogens (tertiary/aromatic N) is 6. The van der Waals surface area contributed by atoms with Crippen LogP contribution in [-0.2, 0) is 0 Å². The maximum atomic E-state index is 12.5. The van der Waals surface area contributed by atoms with E-state index in [1.807, 2.05) is 0 Å². The van der Waals surface area contributed by atoms with Crippen molar-refractivity contribution in [3.8, 4) is 5.75 Å². The van der Waals surface area contributed by atoms with Gasteiger partial charge in [0.05, 0.1) is 0 Å². The SMILES string of the molecule is FC(F)(F)COc1cccn2nc(N[C@@H]3[C@@H]4CC[C@H]3CN(c3cc(Cl)ncn3)C4)nc12. The molecule has 12 heteroatoms. The summed E-state index contributed by atoms with van der Waals surface area (Å²) in [6.45, 7) is 0.252. The van der Waals surface area contributed by atoms with Gasteiger partial charge in [0.1, 0.15) is 17.3 Å². The number of hydrogen-bond acceptors (Lipinski definition) is 7. The number of aromatic nitrogens is 5. The molecule has 31 heavy (non-hydrogen) atoms. The molecule has 3 aromatic rings. The van der Waals surface area contributed by atoms with E-state index < -0.39 is 12.8 Å². The maximum absolute atomic E-state index is 12.5. The maximum Gasteiger partial charge on any atom is 0.422 e. The fourth-order valence-corrected chi connectivity index (χ4v) is 4.65. The average Bonchev–Trinajstić information content (AvgIpc) is 3.22. The lowest BCUT2D eigenvalue weighted by Crippen LogP contribution is -2.48. The van der Waals surface area contributed by atoms with Gasteiger partial charge in [0.15, 0.2) is 18.0 Å². The number of rotatable bonds is 5. The van der Waals surface area contributed by atoms with Gasteiger partial charge in [-0.2, -0.15) is 18.2 Å². The number of fused-ring (bicyclic) bond motifs is 3. The van der Waals surface area contributed by atoms with Crippen molar-refractivity contribution >= 4 is 29.0 Å². The normalized spacial score (nSPS) is 23.4. The molecular weight excluding hydrogens is 435 g/mol. The van der Waals surface area contributed by atoms with Gasteiger partial charge < -0.3 is 15.0 Å². The van der Waals surface area contributed by atoms with Gasteiger partial charge in [-0.15, -0.1) is 5.10 Å². The predicted octanol–water partition coefficient (Wildman–Crippen LogP) is 3.44. The molecule has 0 spiro atoms. The third-order valence-corrected chi connectivity index (χ3v) is 6.00. The van der Waals surface area contributed by atoms with Crippen molar-refractivity contribution in [2.45, 2.75) is 25.1 Å². The molecule has 0 radical (unpaired) electrons. The van der Waals surface area contributed by atoms with Gasteiger partial charge in [0.2, 0.25) is 5.95 Å². The van der Waals surface area contributed by atoms with E-state index in [9.17, 15) is 13.2 Å². The van der Waals surface area contributed by atoms with E-state index in [1.165, 1.54) is 16.9 Å². The third-order valence-electron chi connectivity index (χ3n) is 5.79. The quantitative estimate of drug-likeness (QED) is 0.593. The summed E-state index contributed by atoms with van der Waals surface area (Å²) in [5, 5.41) is 8.20. The molecule has 0 amide bonds. The van der Waals surface area contributed by atoms with Crippen molar-refractivity contribution in [1.29, 1.82) is 0 Å². The van der Waals surface area contributed by atoms with Gasteiger partial charge in [-0.3, -0.25) is 0 Å². The standard InChI is InChI=1S/C19H19ClF3N7O/c20-14-6-15(25-10-24-14)29-7-11-3-4-12(8-29)16(11)26-18-27-17-13(31-9-19(21,22)23)2-1-5-30(17)28-18/h1-2,5-6,10-12,16H,3-4,7-9H2,(H,26,28)/t11-,12+,16-. The Bertz CT molecular complexity index is 1080. The van der Waals surface area contributed by atoms with Crippen LogP contribution in [-0.4, -0.2) is 56.5 Å². The smallest absolute Gasteiger partial charge is 0.422 e. The minimum absolute atomic E-state index is 0.0406. The molecule has 0 aromatic carbocycles. The second-order valence-corrected chi connectivity index (χ2v) is 8.24. The molecule has 3 atom stereocenters. The predicted molar refractivity (Wildman–Crippen MR) is 107 cm³/mol. The molecule has 2 bridgehead atoms. The lowest BCUT2D eigenvalue weighted by Gasteiger charge is -2.38. The van der Waals surface area contributed by atoms with Crippen molar-refractivity contribution in [3.63, 3.8) is 0 Å². The fourth-order valence-electron chi connectivity index (χ4n) is 4.51. The Kier molecular flexibility index (Phi) is 4.99. The topological polar surface area (TPSA) is 80.5 Å². The van der Waals surface area contributed by atoms with Crippen LogP contribution in [0.3, 0.4) is 0 Å². The highest BCUT2D eigenvalue weighted by molar-refractivity contribution is 6.29. The number of pyridine rings is 1. The van der Waals surface area contributed by atoms with Gasteiger partial charge >= 0.3 is 6.18 Å². The first-order valence-corrected chi connectivity index (χ1v) is 10.3. The second-order valence-electron chi connectivity index (χ2n) is 7.85. The van der Waals surface area contributed by atoms with E-state index in [1.54, 1.807) is 18.3 Å². The van der Waals surface area contributed by atoms with Crippen LogP contribution in [0.15, 0.2) is 30.7 Å². The van der Waals surface area contributed by atoms with E-state index in [-0.39, 0.29) is 17.4 Å².